The minimum Gasteiger partial charge on any atom is -0.319 e. The van der Waals surface area contributed by atoms with Gasteiger partial charge in [-0.25, -0.2) is 0 Å². The van der Waals surface area contributed by atoms with Crippen LogP contribution in [-0.2, 0) is 6.42 Å². The molecule has 0 aliphatic carbocycles. The molecule has 0 amide bonds. The molecule has 0 aromatic carbocycles. The molecule has 1 N–H and O–H groups in total. The van der Waals surface area contributed by atoms with Gasteiger partial charge in [0.05, 0.1) is 0 Å². The van der Waals surface area contributed by atoms with Crippen molar-refractivity contribution in [2.45, 2.75) is 6.42 Å². The lowest BCUT2D eigenvalue weighted by atomic mass is 10.2. The van der Waals surface area contributed by atoms with Crippen molar-refractivity contribution in [3.8, 4) is 0 Å². The summed E-state index contributed by atoms with van der Waals surface area (Å²) in [7, 11) is 1.95. The number of hydrogen-bond donors (Lipinski definition) is 1. The van der Waals surface area contributed by atoms with Gasteiger partial charge in [-0.2, -0.15) is 0 Å². The molecule has 0 fully saturated rings. The second-order valence-electron chi connectivity index (χ2n) is 2.98. The lowest BCUT2D eigenvalue weighted by molar-refractivity contribution is 0.791. The molecule has 4 nitrogen and oxygen atoms in total. The summed E-state index contributed by atoms with van der Waals surface area (Å²) >= 11 is 0. The van der Waals surface area contributed by atoms with Crippen LogP contribution in [0.2, 0.25) is 0 Å². The van der Waals surface area contributed by atoms with Gasteiger partial charge in [-0.05, 0) is 37.7 Å². The summed E-state index contributed by atoms with van der Waals surface area (Å²) in [5.41, 5.74) is 2.20. The van der Waals surface area contributed by atoms with Gasteiger partial charge in [0, 0.05) is 6.20 Å². The molecular weight excluding hydrogens is 164 g/mol. The zero-order valence-electron chi connectivity index (χ0n) is 7.57. The summed E-state index contributed by atoms with van der Waals surface area (Å²) in [6.07, 6.45) is 4.72. The molecule has 0 bridgehead atoms. The van der Waals surface area contributed by atoms with E-state index in [0.29, 0.717) is 0 Å². The maximum absolute atomic E-state index is 3.98. The van der Waals surface area contributed by atoms with Crippen LogP contribution in [0.15, 0.2) is 24.7 Å². The maximum atomic E-state index is 3.98. The highest BCUT2D eigenvalue weighted by molar-refractivity contribution is 5.39. The molecule has 4 heteroatoms. The largest absolute Gasteiger partial charge is 0.319 e. The van der Waals surface area contributed by atoms with Gasteiger partial charge in [0.15, 0.2) is 5.65 Å². The van der Waals surface area contributed by atoms with Crippen LogP contribution < -0.4 is 5.32 Å². The fraction of sp³-hybridized carbons (Fsp3) is 0.333. The molecule has 0 saturated heterocycles. The third kappa shape index (κ3) is 1.67. The molecule has 0 spiro atoms. The van der Waals surface area contributed by atoms with Crippen molar-refractivity contribution in [1.82, 2.24) is 19.9 Å². The Labute approximate surface area is 76.6 Å². The van der Waals surface area contributed by atoms with Crippen LogP contribution in [-0.4, -0.2) is 28.2 Å². The average Bonchev–Trinajstić information content (AvgIpc) is 2.61. The van der Waals surface area contributed by atoms with Crippen molar-refractivity contribution < 1.29 is 0 Å². The average molecular weight is 176 g/mol. The van der Waals surface area contributed by atoms with Crippen molar-refractivity contribution in [2.24, 2.45) is 0 Å². The van der Waals surface area contributed by atoms with Crippen LogP contribution in [0.3, 0.4) is 0 Å². The molecule has 68 valence electrons. The Morgan fingerprint density at radius 3 is 3.31 bits per heavy atom. The van der Waals surface area contributed by atoms with Gasteiger partial charge in [-0.3, -0.25) is 4.40 Å². The molecule has 0 saturated carbocycles. The van der Waals surface area contributed by atoms with E-state index in [1.165, 1.54) is 5.56 Å². The van der Waals surface area contributed by atoms with Crippen molar-refractivity contribution in [3.63, 3.8) is 0 Å². The minimum atomic E-state index is 0.911. The Morgan fingerprint density at radius 1 is 1.54 bits per heavy atom. The predicted octanol–water partition coefficient (Wildman–Crippen LogP) is 0.491. The van der Waals surface area contributed by atoms with Gasteiger partial charge in [-0.1, -0.05) is 0 Å². The number of aromatic nitrogens is 3. The van der Waals surface area contributed by atoms with E-state index in [0.717, 1.165) is 18.6 Å². The summed E-state index contributed by atoms with van der Waals surface area (Å²) in [6, 6.07) is 4.15. The minimum absolute atomic E-state index is 0.911. The fourth-order valence-electron chi connectivity index (χ4n) is 1.28. The van der Waals surface area contributed by atoms with Crippen LogP contribution in [0.1, 0.15) is 5.56 Å². The van der Waals surface area contributed by atoms with E-state index in [1.54, 1.807) is 6.33 Å². The van der Waals surface area contributed by atoms with E-state index in [2.05, 4.69) is 27.6 Å². The summed E-state index contributed by atoms with van der Waals surface area (Å²) in [5, 5.41) is 10.9. The first-order valence-electron chi connectivity index (χ1n) is 4.33. The number of hydrogen-bond acceptors (Lipinski definition) is 3. The zero-order valence-corrected chi connectivity index (χ0v) is 7.57. The standard InChI is InChI=1S/C9H12N4/c1-10-4-2-8-3-5-13-7-11-12-9(13)6-8/h3,5-7,10H,2,4H2,1H3. The Balaban J connectivity index is 2.26. The first kappa shape index (κ1) is 8.19. The molecule has 0 aliphatic rings. The van der Waals surface area contributed by atoms with Gasteiger partial charge < -0.3 is 5.32 Å². The van der Waals surface area contributed by atoms with Crippen LogP contribution in [0.4, 0.5) is 0 Å². The SMILES string of the molecule is CNCCc1ccn2cnnc2c1. The second-order valence-corrected chi connectivity index (χ2v) is 2.98. The monoisotopic (exact) mass is 176 g/mol. The molecule has 2 heterocycles. The molecule has 0 atom stereocenters. The topological polar surface area (TPSA) is 42.2 Å². The molecule has 0 radical (unpaired) electrons. The summed E-state index contributed by atoms with van der Waals surface area (Å²) in [4.78, 5) is 0. The zero-order chi connectivity index (χ0) is 9.10. The van der Waals surface area contributed by atoms with Gasteiger partial charge in [0.1, 0.15) is 6.33 Å². The molecular formula is C9H12N4. The van der Waals surface area contributed by atoms with E-state index in [4.69, 9.17) is 0 Å². The third-order valence-corrected chi connectivity index (χ3v) is 2.03. The van der Waals surface area contributed by atoms with Crippen molar-refractivity contribution in [2.75, 3.05) is 13.6 Å². The van der Waals surface area contributed by atoms with E-state index in [-0.39, 0.29) is 0 Å². The summed E-state index contributed by atoms with van der Waals surface area (Å²) in [5.74, 6) is 0. The second kappa shape index (κ2) is 3.53. The summed E-state index contributed by atoms with van der Waals surface area (Å²) in [6.45, 7) is 0.990. The first-order chi connectivity index (χ1) is 6.40. The van der Waals surface area contributed by atoms with Crippen LogP contribution in [0.5, 0.6) is 0 Å². The first-order valence-corrected chi connectivity index (χ1v) is 4.33. The fourth-order valence-corrected chi connectivity index (χ4v) is 1.28. The molecule has 0 aliphatic heterocycles. The Hall–Kier alpha value is -1.42. The lowest BCUT2D eigenvalue weighted by Crippen LogP contribution is -2.10. The van der Waals surface area contributed by atoms with Crippen molar-refractivity contribution >= 4 is 5.65 Å². The number of pyridine rings is 1. The van der Waals surface area contributed by atoms with Crippen LogP contribution in [0.25, 0.3) is 5.65 Å². The van der Waals surface area contributed by atoms with E-state index < -0.39 is 0 Å². The van der Waals surface area contributed by atoms with Crippen molar-refractivity contribution in [1.29, 1.82) is 0 Å². The quantitative estimate of drug-likeness (QED) is 0.740. The third-order valence-electron chi connectivity index (χ3n) is 2.03. The highest BCUT2D eigenvalue weighted by Crippen LogP contribution is 2.04. The Kier molecular flexibility index (Phi) is 2.23. The smallest absolute Gasteiger partial charge is 0.160 e. The number of rotatable bonds is 3. The number of fused-ring (bicyclic) bond motifs is 1. The highest BCUT2D eigenvalue weighted by Gasteiger charge is 1.96. The van der Waals surface area contributed by atoms with Gasteiger partial charge in [-0.15, -0.1) is 10.2 Å². The highest BCUT2D eigenvalue weighted by atomic mass is 15.2. The Bertz CT molecular complexity index is 393. The van der Waals surface area contributed by atoms with Crippen molar-refractivity contribution in [3.05, 3.63) is 30.2 Å². The number of likely N-dealkylation sites (N-methyl/N-ethyl adjacent to an activating group) is 1. The number of nitrogens with zero attached hydrogens (tertiary/aromatic N) is 3. The predicted molar refractivity (Wildman–Crippen MR) is 50.6 cm³/mol. The summed E-state index contributed by atoms with van der Waals surface area (Å²) < 4.78 is 1.91. The number of nitrogens with one attached hydrogen (secondary N) is 1. The molecule has 2 rings (SSSR count). The normalized spacial score (nSPS) is 10.8. The molecule has 13 heavy (non-hydrogen) atoms. The Morgan fingerprint density at radius 2 is 2.46 bits per heavy atom. The van der Waals surface area contributed by atoms with Gasteiger partial charge in [0.25, 0.3) is 0 Å². The van der Waals surface area contributed by atoms with E-state index in [1.807, 2.05) is 17.6 Å². The van der Waals surface area contributed by atoms with Gasteiger partial charge in [0.2, 0.25) is 0 Å². The molecule has 2 aromatic rings. The molecule has 2 aromatic heterocycles. The van der Waals surface area contributed by atoms with E-state index >= 15 is 0 Å². The van der Waals surface area contributed by atoms with Gasteiger partial charge >= 0.3 is 0 Å². The van der Waals surface area contributed by atoms with Crippen LogP contribution in [0, 0.1) is 0 Å². The van der Waals surface area contributed by atoms with Crippen LogP contribution >= 0.6 is 0 Å². The molecule has 0 unspecified atom stereocenters. The lowest BCUT2D eigenvalue weighted by Gasteiger charge is -2.00. The maximum Gasteiger partial charge on any atom is 0.160 e. The van der Waals surface area contributed by atoms with E-state index in [9.17, 15) is 0 Å².